The molecular formula is C27H26ClN3S. The lowest BCUT2D eigenvalue weighted by atomic mass is 10.1. The van der Waals surface area contributed by atoms with E-state index >= 15 is 0 Å². The van der Waals surface area contributed by atoms with E-state index in [0.717, 1.165) is 40.6 Å². The van der Waals surface area contributed by atoms with Gasteiger partial charge in [0.2, 0.25) is 0 Å². The molecule has 1 heterocycles. The summed E-state index contributed by atoms with van der Waals surface area (Å²) in [4.78, 5) is 5.72. The molecule has 0 amide bonds. The Balaban J connectivity index is 1.50. The first-order chi connectivity index (χ1) is 15.6. The predicted octanol–water partition coefficient (Wildman–Crippen LogP) is 6.97. The van der Waals surface area contributed by atoms with Crippen LogP contribution in [0.1, 0.15) is 28.1 Å². The second-order valence-corrected chi connectivity index (χ2v) is 8.71. The Morgan fingerprint density at radius 2 is 1.62 bits per heavy atom. The summed E-state index contributed by atoms with van der Waals surface area (Å²) in [5.74, 6) is 0. The van der Waals surface area contributed by atoms with Gasteiger partial charge < -0.3 is 15.2 Å². The summed E-state index contributed by atoms with van der Waals surface area (Å²) in [6.45, 7) is 3.47. The van der Waals surface area contributed by atoms with Crippen LogP contribution in [0.5, 0.6) is 0 Å². The number of anilines is 1. The van der Waals surface area contributed by atoms with Crippen LogP contribution in [-0.2, 0) is 19.5 Å². The van der Waals surface area contributed by atoms with E-state index in [4.69, 9.17) is 23.8 Å². The largest absolute Gasteiger partial charge is 0.361 e. The number of hydrogen-bond donors (Lipinski definition) is 2. The molecule has 1 aromatic heterocycles. The molecule has 0 unspecified atom stereocenters. The maximum absolute atomic E-state index is 6.34. The second-order valence-electron chi connectivity index (χ2n) is 7.92. The van der Waals surface area contributed by atoms with Crippen molar-refractivity contribution >= 4 is 34.6 Å². The summed E-state index contributed by atoms with van der Waals surface area (Å²) >= 11 is 12.1. The maximum Gasteiger partial charge on any atom is 0.174 e. The van der Waals surface area contributed by atoms with Crippen molar-refractivity contribution in [2.75, 3.05) is 5.32 Å². The van der Waals surface area contributed by atoms with Gasteiger partial charge in [-0.3, -0.25) is 0 Å². The van der Waals surface area contributed by atoms with Crippen LogP contribution >= 0.6 is 23.8 Å². The zero-order valence-electron chi connectivity index (χ0n) is 18.0. The minimum atomic E-state index is 0.676. The average molecular weight is 460 g/mol. The van der Waals surface area contributed by atoms with Gasteiger partial charge in [0, 0.05) is 35.1 Å². The van der Waals surface area contributed by atoms with Gasteiger partial charge >= 0.3 is 0 Å². The molecule has 0 saturated carbocycles. The van der Waals surface area contributed by atoms with E-state index in [-0.39, 0.29) is 0 Å². The molecule has 162 valence electrons. The molecule has 0 atom stereocenters. The Kier molecular flexibility index (Phi) is 7.25. The number of halogens is 1. The van der Waals surface area contributed by atoms with Gasteiger partial charge in [0.15, 0.2) is 5.11 Å². The summed E-state index contributed by atoms with van der Waals surface area (Å²) < 4.78 is 0. The molecule has 0 aliphatic rings. The van der Waals surface area contributed by atoms with E-state index in [9.17, 15) is 0 Å². The van der Waals surface area contributed by atoms with Crippen molar-refractivity contribution in [1.82, 2.24) is 9.88 Å². The number of benzene rings is 3. The van der Waals surface area contributed by atoms with Crippen LogP contribution in [0.15, 0.2) is 91.0 Å². The minimum Gasteiger partial charge on any atom is -0.361 e. The predicted molar refractivity (Wildman–Crippen MR) is 138 cm³/mol. The molecule has 5 heteroatoms. The average Bonchev–Trinajstić information content (AvgIpc) is 3.22. The van der Waals surface area contributed by atoms with Crippen molar-refractivity contribution in [3.05, 3.63) is 124 Å². The van der Waals surface area contributed by atoms with E-state index in [0.29, 0.717) is 11.7 Å². The molecule has 0 spiro atoms. The zero-order valence-corrected chi connectivity index (χ0v) is 19.6. The summed E-state index contributed by atoms with van der Waals surface area (Å²) in [5.41, 5.74) is 6.76. The van der Waals surface area contributed by atoms with E-state index in [1.165, 1.54) is 11.1 Å². The molecular weight excluding hydrogens is 434 g/mol. The lowest BCUT2D eigenvalue weighted by Gasteiger charge is -2.26. The fourth-order valence-corrected chi connectivity index (χ4v) is 4.12. The topological polar surface area (TPSA) is 31.1 Å². The molecule has 32 heavy (non-hydrogen) atoms. The van der Waals surface area contributed by atoms with Gasteiger partial charge in [0.05, 0.1) is 6.54 Å². The smallest absolute Gasteiger partial charge is 0.174 e. The standard InChI is InChI=1S/C27H26ClN3S/c1-20-8-7-12-23(16-20)30-27(32)31(18-21-9-3-2-4-10-21)19-25-15-14-24(29-25)17-22-11-5-6-13-26(22)28/h2-16,29H,17-19H2,1H3,(H,30,32). The second kappa shape index (κ2) is 10.5. The van der Waals surface area contributed by atoms with E-state index < -0.39 is 0 Å². The molecule has 4 rings (SSSR count). The molecule has 4 aromatic rings. The highest BCUT2D eigenvalue weighted by Crippen LogP contribution is 2.20. The van der Waals surface area contributed by atoms with Gasteiger partial charge in [-0.25, -0.2) is 0 Å². The van der Waals surface area contributed by atoms with E-state index in [2.05, 4.69) is 76.7 Å². The molecule has 0 fully saturated rings. The van der Waals surface area contributed by atoms with Gasteiger partial charge in [-0.15, -0.1) is 0 Å². The fourth-order valence-electron chi connectivity index (χ4n) is 3.67. The van der Waals surface area contributed by atoms with Crippen molar-refractivity contribution in [2.24, 2.45) is 0 Å². The molecule has 0 radical (unpaired) electrons. The van der Waals surface area contributed by atoms with Gasteiger partial charge in [0.1, 0.15) is 0 Å². The zero-order chi connectivity index (χ0) is 22.3. The number of aromatic nitrogens is 1. The highest BCUT2D eigenvalue weighted by atomic mass is 35.5. The van der Waals surface area contributed by atoms with E-state index in [1.807, 2.05) is 36.4 Å². The highest BCUT2D eigenvalue weighted by molar-refractivity contribution is 7.80. The Morgan fingerprint density at radius 1 is 0.875 bits per heavy atom. The van der Waals surface area contributed by atoms with Gasteiger partial charge in [-0.1, -0.05) is 72.3 Å². The quantitative estimate of drug-likeness (QED) is 0.293. The number of nitrogens with zero attached hydrogens (tertiary/aromatic N) is 1. The summed E-state index contributed by atoms with van der Waals surface area (Å²) in [7, 11) is 0. The van der Waals surface area contributed by atoms with Crippen molar-refractivity contribution in [1.29, 1.82) is 0 Å². The Bertz CT molecular complexity index is 1190. The van der Waals surface area contributed by atoms with Crippen LogP contribution < -0.4 is 5.32 Å². The van der Waals surface area contributed by atoms with Gasteiger partial charge in [-0.2, -0.15) is 0 Å². The third kappa shape index (κ3) is 6.00. The number of thiocarbonyl (C=S) groups is 1. The SMILES string of the molecule is Cc1cccc(NC(=S)N(Cc2ccccc2)Cc2ccc(Cc3ccccc3Cl)[nH]2)c1. The fraction of sp³-hybridized carbons (Fsp3) is 0.148. The Labute approximate surface area is 200 Å². The van der Waals surface area contributed by atoms with Crippen LogP contribution in [0.4, 0.5) is 5.69 Å². The van der Waals surface area contributed by atoms with Crippen molar-refractivity contribution < 1.29 is 0 Å². The molecule has 0 aliphatic carbocycles. The summed E-state index contributed by atoms with van der Waals surface area (Å²) in [5, 5.41) is 4.89. The molecule has 0 aliphatic heterocycles. The molecule has 0 saturated heterocycles. The Morgan fingerprint density at radius 3 is 2.41 bits per heavy atom. The maximum atomic E-state index is 6.34. The molecule has 2 N–H and O–H groups in total. The first-order valence-electron chi connectivity index (χ1n) is 10.6. The first kappa shape index (κ1) is 22.1. The van der Waals surface area contributed by atoms with Crippen LogP contribution in [0.25, 0.3) is 0 Å². The Hall–Kier alpha value is -3.08. The van der Waals surface area contributed by atoms with E-state index in [1.54, 1.807) is 0 Å². The van der Waals surface area contributed by atoms with Crippen LogP contribution in [0.3, 0.4) is 0 Å². The highest BCUT2D eigenvalue weighted by Gasteiger charge is 2.13. The third-order valence-electron chi connectivity index (χ3n) is 5.28. The third-order valence-corrected chi connectivity index (χ3v) is 6.01. The number of aryl methyl sites for hydroxylation is 1. The lowest BCUT2D eigenvalue weighted by molar-refractivity contribution is 0.408. The summed E-state index contributed by atoms with van der Waals surface area (Å²) in [6.07, 6.45) is 0.768. The van der Waals surface area contributed by atoms with Crippen molar-refractivity contribution in [3.8, 4) is 0 Å². The van der Waals surface area contributed by atoms with Gasteiger partial charge in [0.25, 0.3) is 0 Å². The molecule has 3 nitrogen and oxygen atoms in total. The van der Waals surface area contributed by atoms with Crippen LogP contribution in [-0.4, -0.2) is 15.0 Å². The number of nitrogens with one attached hydrogen (secondary N) is 2. The van der Waals surface area contributed by atoms with Gasteiger partial charge in [-0.05, 0) is 66.2 Å². The lowest BCUT2D eigenvalue weighted by Crippen LogP contribution is -2.34. The molecule has 3 aromatic carbocycles. The van der Waals surface area contributed by atoms with Crippen LogP contribution in [0.2, 0.25) is 5.02 Å². The van der Waals surface area contributed by atoms with Crippen molar-refractivity contribution in [2.45, 2.75) is 26.4 Å². The number of rotatable bonds is 7. The number of H-pyrrole nitrogens is 1. The summed E-state index contributed by atoms with van der Waals surface area (Å²) in [6, 6.07) is 30.9. The first-order valence-corrected chi connectivity index (χ1v) is 11.4. The normalized spacial score (nSPS) is 10.7. The number of aromatic amines is 1. The van der Waals surface area contributed by atoms with Crippen LogP contribution in [0, 0.1) is 6.92 Å². The monoisotopic (exact) mass is 459 g/mol. The molecule has 0 bridgehead atoms. The minimum absolute atomic E-state index is 0.676. The number of hydrogen-bond acceptors (Lipinski definition) is 1. The van der Waals surface area contributed by atoms with Crippen molar-refractivity contribution in [3.63, 3.8) is 0 Å².